The van der Waals surface area contributed by atoms with Gasteiger partial charge in [0.15, 0.2) is 14.4 Å². The number of piperidine rings is 1. The van der Waals surface area contributed by atoms with E-state index in [2.05, 4.69) is 49.9 Å². The Balaban J connectivity index is 1.58. The lowest BCUT2D eigenvalue weighted by Crippen LogP contribution is -2.54. The molecule has 428 valence electrons. The van der Waals surface area contributed by atoms with Crippen molar-refractivity contribution in [1.29, 1.82) is 0 Å². The van der Waals surface area contributed by atoms with Gasteiger partial charge in [-0.1, -0.05) is 66.2 Å². The van der Waals surface area contributed by atoms with Crippen LogP contribution in [0.15, 0.2) is 60.7 Å². The van der Waals surface area contributed by atoms with E-state index in [4.69, 9.17) is 32.8 Å². The summed E-state index contributed by atoms with van der Waals surface area (Å²) in [7, 11) is 1.85. The first-order valence-electron chi connectivity index (χ1n) is 27.5. The van der Waals surface area contributed by atoms with Gasteiger partial charge in [0.05, 0.1) is 24.4 Å². The third-order valence-electron chi connectivity index (χ3n) is 16.4. The van der Waals surface area contributed by atoms with Gasteiger partial charge in [-0.15, -0.1) is 0 Å². The van der Waals surface area contributed by atoms with Crippen LogP contribution in [0.5, 0.6) is 0 Å². The smallest absolute Gasteiger partial charge is 0.419 e. The number of methoxy groups -OCH3 is 3. The molecule has 2 aromatic heterocycles. The van der Waals surface area contributed by atoms with E-state index in [1.807, 2.05) is 40.7 Å². The van der Waals surface area contributed by atoms with Gasteiger partial charge in [-0.2, -0.15) is 0 Å². The molecule has 1 saturated carbocycles. The van der Waals surface area contributed by atoms with Crippen molar-refractivity contribution >= 4 is 49.7 Å². The van der Waals surface area contributed by atoms with Crippen molar-refractivity contribution in [3.8, 4) is 0 Å². The van der Waals surface area contributed by atoms with Crippen LogP contribution in [0.2, 0.25) is 18.1 Å². The van der Waals surface area contributed by atoms with Gasteiger partial charge in [0.25, 0.3) is 11.7 Å². The molecule has 0 bridgehead atoms. The van der Waals surface area contributed by atoms with Gasteiger partial charge >= 0.3 is 18.2 Å². The van der Waals surface area contributed by atoms with E-state index in [-0.39, 0.29) is 48.5 Å². The number of carbonyl (C=O) groups excluding carboxylic acids is 7. The molecule has 5 rings (SSSR count). The van der Waals surface area contributed by atoms with Gasteiger partial charge in [0.1, 0.15) is 36.7 Å². The first-order valence-corrected chi connectivity index (χ1v) is 30.4. The van der Waals surface area contributed by atoms with E-state index in [9.17, 15) is 33.6 Å². The number of imidazole rings is 2. The Kier molecular flexibility index (Phi) is 22.9. The van der Waals surface area contributed by atoms with E-state index in [0.29, 0.717) is 56.9 Å². The van der Waals surface area contributed by atoms with Gasteiger partial charge in [0.2, 0.25) is 5.78 Å². The zero-order chi connectivity index (χ0) is 56.9. The third-order valence-corrected chi connectivity index (χ3v) is 20.9. The standard InChI is InChI=1S/C57H87N5O14Si/c1-15-41-27-35(2)26-36(3)28-47(71-11)52(75-56(69)61-25-22-59-34-61)48(72-12)30-37(4)49(64)50(65)53(66)62-23-17-16-18-42(62)54(67)74-51(39(6)45(32-43(41)63)76-77(13,14)57(7,8)9)38(5)29-40-19-20-44(46(31-40)70-10)73-55(68)60-24-21-58-33-60/h21-22,24-25,27,29,33-34,36-37,39-42,44-48,51-52H,15-20,23,26,28,30-32H2,1-14H3/b35-27+,38-29+/t36-,37+,39+,40?,41+,42-,44+,45?,46+,47-,48-,51+,52?/m0/s1. The Morgan fingerprint density at radius 2 is 1.40 bits per heavy atom. The number of Topliss-reactive ketones (excluding diaryl/α,β-unsaturated/α-hetero) is 3. The second-order valence-electron chi connectivity index (χ2n) is 23.2. The molecule has 3 aliphatic rings. The van der Waals surface area contributed by atoms with Crippen LogP contribution < -0.4 is 0 Å². The highest BCUT2D eigenvalue weighted by atomic mass is 28.4. The summed E-state index contributed by atoms with van der Waals surface area (Å²) in [4.78, 5) is 108. The fraction of sp³-hybridized carbons (Fsp3) is 0.702. The summed E-state index contributed by atoms with van der Waals surface area (Å²) in [6.07, 6.45) is 10.0. The quantitative estimate of drug-likeness (QED) is 0.0711. The number of hydrogen-bond donors (Lipinski definition) is 0. The second kappa shape index (κ2) is 28.1. The minimum Gasteiger partial charge on any atom is -0.456 e. The predicted octanol–water partition coefficient (Wildman–Crippen LogP) is 9.12. The summed E-state index contributed by atoms with van der Waals surface area (Å²) in [5, 5.41) is -0.261. The van der Waals surface area contributed by atoms with Crippen molar-refractivity contribution in [2.45, 2.75) is 200 Å². The number of ether oxygens (including phenoxy) is 6. The van der Waals surface area contributed by atoms with E-state index >= 15 is 0 Å². The van der Waals surface area contributed by atoms with Crippen LogP contribution in [0.25, 0.3) is 0 Å². The Hall–Kier alpha value is -5.15. The van der Waals surface area contributed by atoms with Gasteiger partial charge in [0, 0.05) is 76.8 Å². The maximum atomic E-state index is 15.0. The molecule has 13 atom stereocenters. The molecule has 1 saturated heterocycles. The number of hydrogen-bond acceptors (Lipinski definition) is 16. The molecule has 19 nitrogen and oxygen atoms in total. The molecule has 1 amide bonds. The van der Waals surface area contributed by atoms with E-state index in [1.165, 1.54) is 63.2 Å². The van der Waals surface area contributed by atoms with Crippen LogP contribution in [0.1, 0.15) is 133 Å². The molecule has 0 N–H and O–H groups in total. The maximum Gasteiger partial charge on any atom is 0.419 e. The summed E-state index contributed by atoms with van der Waals surface area (Å²) in [6, 6.07) is -1.20. The first kappa shape index (κ1) is 62.7. The Bertz CT molecular complexity index is 2380. The minimum atomic E-state index is -2.63. The van der Waals surface area contributed by atoms with Crippen molar-refractivity contribution < 1.29 is 66.4 Å². The van der Waals surface area contributed by atoms with Crippen LogP contribution in [-0.2, 0) is 56.8 Å². The number of cyclic esters (lactones) is 1. The highest BCUT2D eigenvalue weighted by Crippen LogP contribution is 2.41. The zero-order valence-electron chi connectivity index (χ0n) is 48.1. The van der Waals surface area contributed by atoms with Crippen LogP contribution in [0, 0.1) is 29.6 Å². The van der Waals surface area contributed by atoms with Crippen LogP contribution in [0.3, 0.4) is 0 Å². The molecule has 77 heavy (non-hydrogen) atoms. The number of nitrogens with zero attached hydrogens (tertiary/aromatic N) is 5. The Morgan fingerprint density at radius 3 is 1.97 bits per heavy atom. The summed E-state index contributed by atoms with van der Waals surface area (Å²) in [6.45, 7) is 22.0. The van der Waals surface area contributed by atoms with E-state index in [0.717, 1.165) is 15.0 Å². The SMILES string of the molecule is CC[C@@H]1/C=C(\C)C[C@H](C)C[C@H](OC)C(OC(=O)n2ccnc2)[C@@H](OC)C[C@@H](C)C(=O)C(=O)C(=O)N2CCCC[C@H]2C(=O)O[C@H](/C(C)=C/C2CC[C@@H](OC(=O)n3ccnc3)[C@H](OC)C2)[C@H](C)C(O[Si](C)(C)C(C)(C)C)CC1=O. The molecule has 2 aromatic rings. The van der Waals surface area contributed by atoms with Gasteiger partial charge < -0.3 is 37.7 Å². The second-order valence-corrected chi connectivity index (χ2v) is 28.0. The maximum absolute atomic E-state index is 15.0. The molecule has 4 heterocycles. The molecule has 2 fully saturated rings. The number of aromatic nitrogens is 4. The summed E-state index contributed by atoms with van der Waals surface area (Å²) >= 11 is 0. The lowest BCUT2D eigenvalue weighted by molar-refractivity contribution is -0.165. The monoisotopic (exact) mass is 1090 g/mol. The number of amides is 1. The molecule has 3 unspecified atom stereocenters. The van der Waals surface area contributed by atoms with Gasteiger partial charge in [-0.3, -0.25) is 19.2 Å². The number of carbonyl (C=O) groups is 7. The minimum absolute atomic E-state index is 0.0168. The number of fused-ring (bicyclic) bond motifs is 1. The lowest BCUT2D eigenvalue weighted by Gasteiger charge is -2.43. The molecule has 2 aliphatic heterocycles. The van der Waals surface area contributed by atoms with Crippen molar-refractivity contribution in [2.75, 3.05) is 27.9 Å². The van der Waals surface area contributed by atoms with Crippen LogP contribution in [0.4, 0.5) is 9.59 Å². The number of allylic oxidation sites excluding steroid dienone is 3. The topological polar surface area (TPSA) is 223 Å². The summed E-state index contributed by atoms with van der Waals surface area (Å²) < 4.78 is 46.2. The zero-order valence-corrected chi connectivity index (χ0v) is 49.1. The van der Waals surface area contributed by atoms with Crippen LogP contribution in [-0.4, -0.2) is 150 Å². The number of esters is 1. The predicted molar refractivity (Wildman–Crippen MR) is 289 cm³/mol. The Morgan fingerprint density at radius 1 is 0.792 bits per heavy atom. The van der Waals surface area contributed by atoms with Crippen molar-refractivity contribution in [1.82, 2.24) is 24.0 Å². The molecule has 0 spiro atoms. The van der Waals surface area contributed by atoms with Crippen LogP contribution >= 0.6 is 0 Å². The first-order chi connectivity index (χ1) is 36.3. The third kappa shape index (κ3) is 16.5. The molecular formula is C57H87N5O14Si. The number of ketones is 3. The molecule has 0 radical (unpaired) electrons. The van der Waals surface area contributed by atoms with Gasteiger partial charge in [-0.05, 0) is 114 Å². The summed E-state index contributed by atoms with van der Waals surface area (Å²) in [5.41, 5.74) is 1.67. The average Bonchev–Trinajstić information content (AvgIpc) is 4.15. The number of rotatable bonds is 10. The van der Waals surface area contributed by atoms with Crippen molar-refractivity contribution in [2.24, 2.45) is 29.6 Å². The normalized spacial score (nSPS) is 31.4. The van der Waals surface area contributed by atoms with E-state index < -0.39 is 110 Å². The Labute approximate surface area is 456 Å². The molecule has 0 aromatic carbocycles. The fourth-order valence-electron chi connectivity index (χ4n) is 10.8. The molecule has 20 heteroatoms. The van der Waals surface area contributed by atoms with Crippen molar-refractivity contribution in [3.05, 3.63) is 60.7 Å². The van der Waals surface area contributed by atoms with E-state index in [1.54, 1.807) is 7.11 Å². The highest BCUT2D eigenvalue weighted by Gasteiger charge is 2.46. The molecule has 1 aliphatic carbocycles. The highest BCUT2D eigenvalue weighted by molar-refractivity contribution is 6.74. The van der Waals surface area contributed by atoms with Gasteiger partial charge in [-0.25, -0.2) is 33.5 Å². The fourth-order valence-corrected chi connectivity index (χ4v) is 12.2. The van der Waals surface area contributed by atoms with Crippen molar-refractivity contribution in [3.63, 3.8) is 0 Å². The molecular weight excluding hydrogens is 1010 g/mol. The average molecular weight is 1090 g/mol. The lowest BCUT2D eigenvalue weighted by atomic mass is 9.81. The largest absolute Gasteiger partial charge is 0.456 e. The summed E-state index contributed by atoms with van der Waals surface area (Å²) in [5.74, 6) is -6.49.